The summed E-state index contributed by atoms with van der Waals surface area (Å²) < 4.78 is 42.1. The first kappa shape index (κ1) is 17.7. The van der Waals surface area contributed by atoms with Gasteiger partial charge in [0.05, 0.1) is 5.56 Å². The molecule has 2 aromatic carbocycles. The summed E-state index contributed by atoms with van der Waals surface area (Å²) in [5.41, 5.74) is 6.80. The van der Waals surface area contributed by atoms with Gasteiger partial charge in [-0.15, -0.1) is 15.3 Å². The lowest BCUT2D eigenvalue weighted by Gasteiger charge is -2.32. The summed E-state index contributed by atoms with van der Waals surface area (Å²) in [5.74, 6) is 1.34. The largest absolute Gasteiger partial charge is 0.416 e. The van der Waals surface area contributed by atoms with Gasteiger partial charge < -0.3 is 10.6 Å². The fourth-order valence-electron chi connectivity index (χ4n) is 4.06. The van der Waals surface area contributed by atoms with Crippen LogP contribution < -0.4 is 10.6 Å². The van der Waals surface area contributed by atoms with E-state index in [-0.39, 0.29) is 12.1 Å². The predicted molar refractivity (Wildman–Crippen MR) is 104 cm³/mol. The van der Waals surface area contributed by atoms with Gasteiger partial charge >= 0.3 is 6.18 Å². The lowest BCUT2D eigenvalue weighted by molar-refractivity contribution is -0.138. The molecule has 1 aliphatic rings. The lowest BCUT2D eigenvalue weighted by atomic mass is 9.93. The Bertz CT molecular complexity index is 1260. The van der Waals surface area contributed by atoms with Gasteiger partial charge in [0.2, 0.25) is 0 Å². The first-order valence-electron chi connectivity index (χ1n) is 9.17. The van der Waals surface area contributed by atoms with Crippen molar-refractivity contribution in [2.24, 2.45) is 0 Å². The number of fused-ring (bicyclic) bond motifs is 4. The summed E-state index contributed by atoms with van der Waals surface area (Å²) in [6.07, 6.45) is -4.16. The maximum absolute atomic E-state index is 13.5. The van der Waals surface area contributed by atoms with Gasteiger partial charge in [0.15, 0.2) is 17.3 Å². The molecule has 0 radical (unpaired) electrons. The summed E-state index contributed by atoms with van der Waals surface area (Å²) in [7, 11) is 0. The SMILES string of the molecule is Cc1nnc2c3ccccc3c(N3CCc4c(cc(N)cc4C(F)(F)F)C3)nn12. The van der Waals surface area contributed by atoms with Crippen LogP contribution in [-0.4, -0.2) is 26.4 Å². The number of rotatable bonds is 1. The van der Waals surface area contributed by atoms with Crippen molar-refractivity contribution in [3.8, 4) is 0 Å². The molecule has 4 aromatic rings. The molecule has 3 heterocycles. The molecule has 0 bridgehead atoms. The standard InChI is InChI=1S/C20H17F3N6/c1-11-25-26-18-15-4-2-3-5-16(15)19(27-29(11)18)28-7-6-14-12(10-28)8-13(24)9-17(14)20(21,22)23/h2-5,8-9H,6-7,10,24H2,1H3. The first-order chi connectivity index (χ1) is 13.8. The molecule has 0 aliphatic carbocycles. The van der Waals surface area contributed by atoms with Crippen molar-refractivity contribution in [1.29, 1.82) is 0 Å². The molecule has 0 fully saturated rings. The Kier molecular flexibility index (Phi) is 3.71. The maximum atomic E-state index is 13.5. The smallest absolute Gasteiger partial charge is 0.399 e. The van der Waals surface area contributed by atoms with Crippen molar-refractivity contribution in [3.63, 3.8) is 0 Å². The molecular formula is C20H17F3N6. The molecule has 0 saturated heterocycles. The molecule has 0 amide bonds. The van der Waals surface area contributed by atoms with Crippen LogP contribution in [0.1, 0.15) is 22.5 Å². The number of nitrogens with zero attached hydrogens (tertiary/aromatic N) is 5. The number of nitrogen functional groups attached to an aromatic ring is 1. The molecule has 6 nitrogen and oxygen atoms in total. The molecule has 0 saturated carbocycles. The molecule has 0 spiro atoms. The Morgan fingerprint density at radius 3 is 2.59 bits per heavy atom. The van der Waals surface area contributed by atoms with E-state index in [4.69, 9.17) is 10.8 Å². The topological polar surface area (TPSA) is 72.3 Å². The summed E-state index contributed by atoms with van der Waals surface area (Å²) >= 11 is 0. The highest BCUT2D eigenvalue weighted by Crippen LogP contribution is 2.38. The number of nitrogens with two attached hydrogens (primary N) is 1. The van der Waals surface area contributed by atoms with E-state index >= 15 is 0 Å². The number of alkyl halides is 3. The quantitative estimate of drug-likeness (QED) is 0.495. The van der Waals surface area contributed by atoms with E-state index in [1.54, 1.807) is 10.6 Å². The van der Waals surface area contributed by atoms with Gasteiger partial charge in [-0.3, -0.25) is 0 Å². The van der Waals surface area contributed by atoms with Crippen molar-refractivity contribution in [2.75, 3.05) is 17.2 Å². The molecule has 29 heavy (non-hydrogen) atoms. The van der Waals surface area contributed by atoms with E-state index in [1.807, 2.05) is 36.1 Å². The van der Waals surface area contributed by atoms with Crippen LogP contribution in [0.2, 0.25) is 0 Å². The predicted octanol–water partition coefficient (Wildman–Crippen LogP) is 3.75. The van der Waals surface area contributed by atoms with Crippen molar-refractivity contribution < 1.29 is 13.2 Å². The van der Waals surface area contributed by atoms with Crippen LogP contribution in [0.4, 0.5) is 24.7 Å². The van der Waals surface area contributed by atoms with E-state index in [1.165, 1.54) is 0 Å². The van der Waals surface area contributed by atoms with Crippen molar-refractivity contribution in [2.45, 2.75) is 26.1 Å². The Morgan fingerprint density at radius 1 is 1.07 bits per heavy atom. The Morgan fingerprint density at radius 2 is 1.83 bits per heavy atom. The van der Waals surface area contributed by atoms with Gasteiger partial charge in [0.1, 0.15) is 0 Å². The number of benzene rings is 2. The van der Waals surface area contributed by atoms with E-state index in [2.05, 4.69) is 10.2 Å². The number of hydrogen-bond acceptors (Lipinski definition) is 5. The highest BCUT2D eigenvalue weighted by Gasteiger charge is 2.36. The van der Waals surface area contributed by atoms with Gasteiger partial charge in [-0.25, -0.2) is 0 Å². The van der Waals surface area contributed by atoms with E-state index in [9.17, 15) is 13.2 Å². The Balaban J connectivity index is 1.66. The monoisotopic (exact) mass is 398 g/mol. The summed E-state index contributed by atoms with van der Waals surface area (Å²) in [5, 5.41) is 14.8. The average Bonchev–Trinajstić information content (AvgIpc) is 3.06. The zero-order valence-electron chi connectivity index (χ0n) is 15.5. The van der Waals surface area contributed by atoms with Crippen LogP contribution >= 0.6 is 0 Å². The highest BCUT2D eigenvalue weighted by atomic mass is 19.4. The summed E-state index contributed by atoms with van der Waals surface area (Å²) in [4.78, 5) is 1.99. The third-order valence-corrected chi connectivity index (χ3v) is 5.36. The normalized spacial score (nSPS) is 14.6. The molecule has 2 aromatic heterocycles. The molecule has 0 atom stereocenters. The number of anilines is 2. The molecule has 1 aliphatic heterocycles. The fraction of sp³-hybridized carbons (Fsp3) is 0.250. The first-order valence-corrected chi connectivity index (χ1v) is 9.17. The van der Waals surface area contributed by atoms with E-state index in [0.717, 1.165) is 16.8 Å². The minimum absolute atomic E-state index is 0.112. The van der Waals surface area contributed by atoms with Gasteiger partial charge in [-0.2, -0.15) is 17.7 Å². The van der Waals surface area contributed by atoms with Crippen LogP contribution in [0.25, 0.3) is 16.4 Å². The third kappa shape index (κ3) is 2.76. The van der Waals surface area contributed by atoms with Gasteiger partial charge in [0, 0.05) is 29.5 Å². The zero-order chi connectivity index (χ0) is 20.3. The van der Waals surface area contributed by atoms with Crippen LogP contribution in [0.3, 0.4) is 0 Å². The maximum Gasteiger partial charge on any atom is 0.416 e. The molecule has 9 heteroatoms. The van der Waals surface area contributed by atoms with Crippen molar-refractivity contribution in [3.05, 3.63) is 58.9 Å². The van der Waals surface area contributed by atoms with E-state index in [0.29, 0.717) is 41.5 Å². The van der Waals surface area contributed by atoms with Crippen LogP contribution in [0.5, 0.6) is 0 Å². The fourth-order valence-corrected chi connectivity index (χ4v) is 4.06. The minimum atomic E-state index is -4.43. The van der Waals surface area contributed by atoms with E-state index < -0.39 is 11.7 Å². The second-order valence-corrected chi connectivity index (χ2v) is 7.23. The second kappa shape index (κ2) is 6.07. The van der Waals surface area contributed by atoms with Gasteiger partial charge in [-0.05, 0) is 36.6 Å². The summed E-state index contributed by atoms with van der Waals surface area (Å²) in [6, 6.07) is 10.4. The minimum Gasteiger partial charge on any atom is -0.399 e. The second-order valence-electron chi connectivity index (χ2n) is 7.23. The Labute approximate surface area is 163 Å². The molecule has 5 rings (SSSR count). The molecular weight excluding hydrogens is 381 g/mol. The van der Waals surface area contributed by atoms with Crippen LogP contribution in [-0.2, 0) is 19.1 Å². The molecule has 2 N–H and O–H groups in total. The number of aryl methyl sites for hydroxylation is 1. The zero-order valence-corrected chi connectivity index (χ0v) is 15.5. The van der Waals surface area contributed by atoms with Crippen LogP contribution in [0, 0.1) is 6.92 Å². The lowest BCUT2D eigenvalue weighted by Crippen LogP contribution is -2.33. The number of hydrogen-bond donors (Lipinski definition) is 1. The van der Waals surface area contributed by atoms with Crippen LogP contribution in [0.15, 0.2) is 36.4 Å². The average molecular weight is 398 g/mol. The third-order valence-electron chi connectivity index (χ3n) is 5.36. The Hall–Kier alpha value is -3.36. The van der Waals surface area contributed by atoms with Gasteiger partial charge in [-0.1, -0.05) is 24.3 Å². The number of aromatic nitrogens is 4. The van der Waals surface area contributed by atoms with Gasteiger partial charge in [0.25, 0.3) is 0 Å². The molecule has 148 valence electrons. The number of halogens is 3. The summed E-state index contributed by atoms with van der Waals surface area (Å²) in [6.45, 7) is 2.53. The molecule has 0 unspecified atom stereocenters. The highest BCUT2D eigenvalue weighted by molar-refractivity contribution is 6.00. The van der Waals surface area contributed by atoms with Crippen molar-refractivity contribution >= 4 is 27.9 Å². The van der Waals surface area contributed by atoms with Crippen molar-refractivity contribution in [1.82, 2.24) is 19.8 Å².